The molecule has 1 aliphatic carbocycles. The van der Waals surface area contributed by atoms with E-state index in [-0.39, 0.29) is 0 Å². The minimum absolute atomic E-state index is 0.416. The average Bonchev–Trinajstić information content (AvgIpc) is 2.95. The number of fused-ring (bicyclic) bond motifs is 1. The summed E-state index contributed by atoms with van der Waals surface area (Å²) in [5.41, 5.74) is 11.2. The Morgan fingerprint density at radius 1 is 1.26 bits per heavy atom. The number of hydrogen-bond acceptors (Lipinski definition) is 2. The molecule has 1 fully saturated rings. The normalized spacial score (nSPS) is 23.3. The fourth-order valence-corrected chi connectivity index (χ4v) is 3.22. The average molecular weight is 257 g/mol. The minimum atomic E-state index is 0.416. The van der Waals surface area contributed by atoms with Crippen molar-refractivity contribution >= 4 is 11.0 Å². The first-order valence-corrected chi connectivity index (χ1v) is 7.33. The highest BCUT2D eigenvalue weighted by Crippen LogP contribution is 2.28. The van der Waals surface area contributed by atoms with Crippen LogP contribution >= 0.6 is 0 Å². The molecular formula is C16H23N3. The third kappa shape index (κ3) is 2.39. The molecule has 2 aromatic rings. The predicted molar refractivity (Wildman–Crippen MR) is 79.1 cm³/mol. The van der Waals surface area contributed by atoms with E-state index in [2.05, 4.69) is 35.5 Å². The van der Waals surface area contributed by atoms with Crippen molar-refractivity contribution in [1.82, 2.24) is 9.55 Å². The summed E-state index contributed by atoms with van der Waals surface area (Å²) < 4.78 is 2.28. The van der Waals surface area contributed by atoms with Gasteiger partial charge in [-0.3, -0.25) is 0 Å². The molecule has 0 saturated heterocycles. The zero-order valence-corrected chi connectivity index (χ0v) is 11.9. The van der Waals surface area contributed by atoms with Gasteiger partial charge in [0.15, 0.2) is 0 Å². The summed E-state index contributed by atoms with van der Waals surface area (Å²) in [7, 11) is 0. The minimum Gasteiger partial charge on any atom is -0.331 e. The molecule has 1 aliphatic rings. The summed E-state index contributed by atoms with van der Waals surface area (Å²) in [4.78, 5) is 4.52. The Morgan fingerprint density at radius 3 is 2.79 bits per heavy atom. The first-order valence-electron chi connectivity index (χ1n) is 7.33. The molecule has 2 atom stereocenters. The molecule has 19 heavy (non-hydrogen) atoms. The van der Waals surface area contributed by atoms with Crippen LogP contribution in [0.2, 0.25) is 0 Å². The van der Waals surface area contributed by atoms with Gasteiger partial charge in [0.1, 0.15) is 0 Å². The van der Waals surface area contributed by atoms with Crippen molar-refractivity contribution in [1.29, 1.82) is 0 Å². The maximum Gasteiger partial charge on any atom is 0.0958 e. The van der Waals surface area contributed by atoms with Crippen LogP contribution in [-0.4, -0.2) is 15.6 Å². The lowest BCUT2D eigenvalue weighted by Gasteiger charge is -2.15. The van der Waals surface area contributed by atoms with Crippen molar-refractivity contribution in [3.63, 3.8) is 0 Å². The first kappa shape index (κ1) is 12.7. The van der Waals surface area contributed by atoms with Gasteiger partial charge in [-0.2, -0.15) is 0 Å². The predicted octanol–water partition coefficient (Wildman–Crippen LogP) is 3.17. The SMILES string of the molecule is Cc1cc2ncn(CCC3CCCC3N)c2cc1C. The fourth-order valence-electron chi connectivity index (χ4n) is 3.22. The smallest absolute Gasteiger partial charge is 0.0958 e. The van der Waals surface area contributed by atoms with Gasteiger partial charge in [-0.25, -0.2) is 4.98 Å². The highest BCUT2D eigenvalue weighted by atomic mass is 15.0. The summed E-state index contributed by atoms with van der Waals surface area (Å²) in [6.45, 7) is 5.35. The van der Waals surface area contributed by atoms with E-state index < -0.39 is 0 Å². The van der Waals surface area contributed by atoms with E-state index in [1.807, 2.05) is 6.33 Å². The van der Waals surface area contributed by atoms with Crippen LogP contribution in [-0.2, 0) is 6.54 Å². The van der Waals surface area contributed by atoms with E-state index in [0.717, 1.165) is 12.1 Å². The fraction of sp³-hybridized carbons (Fsp3) is 0.562. The number of rotatable bonds is 3. The summed E-state index contributed by atoms with van der Waals surface area (Å²) in [5.74, 6) is 0.698. The number of nitrogens with zero attached hydrogens (tertiary/aromatic N) is 2. The molecule has 2 unspecified atom stereocenters. The third-order valence-corrected chi connectivity index (χ3v) is 4.70. The van der Waals surface area contributed by atoms with Crippen molar-refractivity contribution in [2.75, 3.05) is 0 Å². The molecule has 102 valence electrons. The van der Waals surface area contributed by atoms with Crippen LogP contribution in [0, 0.1) is 19.8 Å². The van der Waals surface area contributed by atoms with Crippen molar-refractivity contribution in [3.8, 4) is 0 Å². The highest BCUT2D eigenvalue weighted by Gasteiger charge is 2.23. The van der Waals surface area contributed by atoms with Gasteiger partial charge in [0, 0.05) is 12.6 Å². The van der Waals surface area contributed by atoms with Crippen LogP contribution in [0.25, 0.3) is 11.0 Å². The molecule has 3 heteroatoms. The lowest BCUT2D eigenvalue weighted by atomic mass is 10.0. The zero-order chi connectivity index (χ0) is 13.4. The molecule has 0 bridgehead atoms. The molecule has 1 heterocycles. The summed E-state index contributed by atoms with van der Waals surface area (Å²) in [6, 6.07) is 4.85. The van der Waals surface area contributed by atoms with Gasteiger partial charge in [0.05, 0.1) is 17.4 Å². The molecule has 1 aromatic heterocycles. The van der Waals surface area contributed by atoms with Crippen LogP contribution in [0.5, 0.6) is 0 Å². The highest BCUT2D eigenvalue weighted by molar-refractivity contribution is 5.77. The van der Waals surface area contributed by atoms with Crippen molar-refractivity contribution in [3.05, 3.63) is 29.6 Å². The van der Waals surface area contributed by atoms with Crippen LogP contribution < -0.4 is 5.73 Å². The van der Waals surface area contributed by atoms with E-state index >= 15 is 0 Å². The van der Waals surface area contributed by atoms with Gasteiger partial charge in [0.25, 0.3) is 0 Å². The second-order valence-corrected chi connectivity index (χ2v) is 6.01. The second kappa shape index (κ2) is 4.97. The Kier molecular flexibility index (Phi) is 3.31. The molecule has 0 aliphatic heterocycles. The summed E-state index contributed by atoms with van der Waals surface area (Å²) in [6.07, 6.45) is 6.96. The Labute approximate surface area is 114 Å². The Hall–Kier alpha value is -1.35. The topological polar surface area (TPSA) is 43.8 Å². The maximum atomic E-state index is 6.15. The molecule has 1 saturated carbocycles. The number of aryl methyl sites for hydroxylation is 3. The quantitative estimate of drug-likeness (QED) is 0.917. The first-order chi connectivity index (χ1) is 9.15. The molecule has 2 N–H and O–H groups in total. The molecule has 1 aromatic carbocycles. The lowest BCUT2D eigenvalue weighted by Crippen LogP contribution is -2.25. The summed E-state index contributed by atoms with van der Waals surface area (Å²) in [5, 5.41) is 0. The number of imidazole rings is 1. The van der Waals surface area contributed by atoms with Gasteiger partial charge < -0.3 is 10.3 Å². The van der Waals surface area contributed by atoms with Gasteiger partial charge in [-0.1, -0.05) is 6.42 Å². The number of nitrogens with two attached hydrogens (primary N) is 1. The Bertz CT molecular complexity index is 585. The maximum absolute atomic E-state index is 6.15. The van der Waals surface area contributed by atoms with Crippen LogP contribution in [0.4, 0.5) is 0 Å². The van der Waals surface area contributed by atoms with E-state index in [4.69, 9.17) is 5.73 Å². The molecular weight excluding hydrogens is 234 g/mol. The standard InChI is InChI=1S/C16H23N3/c1-11-8-15-16(9-12(11)2)19(10-18-15)7-6-13-4-3-5-14(13)17/h8-10,13-14H,3-7,17H2,1-2H3. The summed E-state index contributed by atoms with van der Waals surface area (Å²) >= 11 is 0. The Balaban J connectivity index is 1.79. The van der Waals surface area contributed by atoms with Crippen LogP contribution in [0.1, 0.15) is 36.8 Å². The van der Waals surface area contributed by atoms with Crippen LogP contribution in [0.3, 0.4) is 0 Å². The second-order valence-electron chi connectivity index (χ2n) is 6.01. The van der Waals surface area contributed by atoms with E-state index in [0.29, 0.717) is 12.0 Å². The van der Waals surface area contributed by atoms with E-state index in [1.54, 1.807) is 0 Å². The third-order valence-electron chi connectivity index (χ3n) is 4.70. The largest absolute Gasteiger partial charge is 0.331 e. The van der Waals surface area contributed by atoms with Crippen molar-refractivity contribution < 1.29 is 0 Å². The number of benzene rings is 1. The zero-order valence-electron chi connectivity index (χ0n) is 11.9. The number of aromatic nitrogens is 2. The van der Waals surface area contributed by atoms with Crippen LogP contribution in [0.15, 0.2) is 18.5 Å². The van der Waals surface area contributed by atoms with Gasteiger partial charge in [0.2, 0.25) is 0 Å². The molecule has 3 rings (SSSR count). The monoisotopic (exact) mass is 257 g/mol. The van der Waals surface area contributed by atoms with E-state index in [1.165, 1.54) is 42.3 Å². The Morgan fingerprint density at radius 2 is 2.05 bits per heavy atom. The van der Waals surface area contributed by atoms with Crippen molar-refractivity contribution in [2.24, 2.45) is 11.7 Å². The van der Waals surface area contributed by atoms with Gasteiger partial charge >= 0.3 is 0 Å². The molecule has 0 amide bonds. The lowest BCUT2D eigenvalue weighted by molar-refractivity contribution is 0.418. The van der Waals surface area contributed by atoms with Gasteiger partial charge in [-0.05, 0) is 62.3 Å². The van der Waals surface area contributed by atoms with Crippen molar-refractivity contribution in [2.45, 2.75) is 52.1 Å². The van der Waals surface area contributed by atoms with Gasteiger partial charge in [-0.15, -0.1) is 0 Å². The van der Waals surface area contributed by atoms with E-state index in [9.17, 15) is 0 Å². The number of hydrogen-bond donors (Lipinski definition) is 1. The molecule has 0 radical (unpaired) electrons. The molecule has 0 spiro atoms. The molecule has 3 nitrogen and oxygen atoms in total.